The summed E-state index contributed by atoms with van der Waals surface area (Å²) >= 11 is 0. The molecule has 1 aliphatic heterocycles. The van der Waals surface area contributed by atoms with Gasteiger partial charge in [0.1, 0.15) is 11.6 Å². The normalized spacial score (nSPS) is 15.4. The Hall–Kier alpha value is -4.42. The highest BCUT2D eigenvalue weighted by Crippen LogP contribution is 2.39. The molecule has 0 fully saturated rings. The SMILES string of the molecule is C[C@H]1c2[nH]nc(N)c2CN1c1nc(NCc2c(F)cccc2C(F)(F)F)c2cccc(C(N)=O)c2n1. The number of para-hydroxylation sites is 1. The van der Waals surface area contributed by atoms with Crippen LogP contribution in [0.15, 0.2) is 36.4 Å². The number of rotatable bonds is 5. The fraction of sp³-hybridized carbons (Fsp3) is 0.217. The molecular formula is C23H20F4N8O. The Kier molecular flexibility index (Phi) is 5.42. The average molecular weight is 500 g/mol. The summed E-state index contributed by atoms with van der Waals surface area (Å²) in [5.41, 5.74) is 11.7. The summed E-state index contributed by atoms with van der Waals surface area (Å²) in [6.07, 6.45) is -4.75. The van der Waals surface area contributed by atoms with Crippen LogP contribution in [0.25, 0.3) is 10.9 Å². The van der Waals surface area contributed by atoms with E-state index in [0.29, 0.717) is 17.7 Å². The van der Waals surface area contributed by atoms with Gasteiger partial charge in [-0.15, -0.1) is 0 Å². The second kappa shape index (κ2) is 8.36. The Labute approximate surface area is 201 Å². The van der Waals surface area contributed by atoms with Gasteiger partial charge in [0.25, 0.3) is 5.91 Å². The van der Waals surface area contributed by atoms with Crippen LogP contribution in [0.1, 0.15) is 45.7 Å². The summed E-state index contributed by atoms with van der Waals surface area (Å²) in [4.78, 5) is 23.0. The molecule has 186 valence electrons. The van der Waals surface area contributed by atoms with Crippen molar-refractivity contribution in [2.75, 3.05) is 16.0 Å². The van der Waals surface area contributed by atoms with E-state index in [1.54, 1.807) is 17.0 Å². The summed E-state index contributed by atoms with van der Waals surface area (Å²) in [5, 5.41) is 10.0. The Morgan fingerprint density at radius 3 is 2.67 bits per heavy atom. The molecule has 3 heterocycles. The van der Waals surface area contributed by atoms with Gasteiger partial charge < -0.3 is 21.7 Å². The minimum atomic E-state index is -4.75. The molecule has 1 aliphatic rings. The number of fused-ring (bicyclic) bond motifs is 2. The van der Waals surface area contributed by atoms with Crippen molar-refractivity contribution in [2.45, 2.75) is 32.2 Å². The van der Waals surface area contributed by atoms with Gasteiger partial charge in [-0.05, 0) is 31.2 Å². The Morgan fingerprint density at radius 2 is 1.97 bits per heavy atom. The van der Waals surface area contributed by atoms with Crippen molar-refractivity contribution in [2.24, 2.45) is 5.73 Å². The summed E-state index contributed by atoms with van der Waals surface area (Å²) in [5.74, 6) is -1.13. The zero-order chi connectivity index (χ0) is 25.8. The number of aromatic nitrogens is 4. The zero-order valence-corrected chi connectivity index (χ0v) is 18.8. The van der Waals surface area contributed by atoms with Gasteiger partial charge in [-0.2, -0.15) is 23.3 Å². The number of nitrogens with one attached hydrogen (secondary N) is 2. The van der Waals surface area contributed by atoms with Crippen molar-refractivity contribution in [3.05, 3.63) is 70.2 Å². The molecule has 13 heteroatoms. The Morgan fingerprint density at radius 1 is 1.22 bits per heavy atom. The molecule has 2 aromatic carbocycles. The number of hydrogen-bond acceptors (Lipinski definition) is 7. The standard InChI is InChI=1S/C23H20F4N8O/c1-10-17-14(19(28)34-33-17)9-35(10)22-31-18-11(20(29)36)4-2-5-12(18)21(32-22)30-8-13-15(23(25,26)27)6-3-7-16(13)24/h2-7,10H,8-9H2,1H3,(H2,29,36)(H3,28,33,34)(H,30,31,32)/t10-/m0/s1. The van der Waals surface area contributed by atoms with Gasteiger partial charge in [-0.1, -0.05) is 12.1 Å². The third-order valence-corrected chi connectivity index (χ3v) is 6.24. The van der Waals surface area contributed by atoms with E-state index in [-0.39, 0.29) is 28.9 Å². The first-order valence-corrected chi connectivity index (χ1v) is 10.8. The number of nitrogens with two attached hydrogens (primary N) is 2. The number of H-pyrrole nitrogens is 1. The predicted octanol–water partition coefficient (Wildman–Crippen LogP) is 3.89. The first-order valence-electron chi connectivity index (χ1n) is 10.8. The largest absolute Gasteiger partial charge is 0.416 e. The van der Waals surface area contributed by atoms with E-state index in [4.69, 9.17) is 11.5 Å². The van der Waals surface area contributed by atoms with Crippen molar-refractivity contribution in [1.29, 1.82) is 0 Å². The molecule has 6 N–H and O–H groups in total. The summed E-state index contributed by atoms with van der Waals surface area (Å²) in [6.45, 7) is 1.67. The number of alkyl halides is 3. The lowest BCUT2D eigenvalue weighted by Gasteiger charge is -2.23. The van der Waals surface area contributed by atoms with Crippen molar-refractivity contribution in [3.63, 3.8) is 0 Å². The average Bonchev–Trinajstić information content (AvgIpc) is 3.36. The highest BCUT2D eigenvalue weighted by molar-refractivity contribution is 6.07. The molecule has 36 heavy (non-hydrogen) atoms. The van der Waals surface area contributed by atoms with Crippen LogP contribution in [-0.4, -0.2) is 26.1 Å². The van der Waals surface area contributed by atoms with E-state index in [0.717, 1.165) is 29.5 Å². The number of aromatic amines is 1. The lowest BCUT2D eigenvalue weighted by molar-refractivity contribution is -0.138. The van der Waals surface area contributed by atoms with Gasteiger partial charge in [0.2, 0.25) is 5.95 Å². The van der Waals surface area contributed by atoms with Crippen LogP contribution in [0, 0.1) is 5.82 Å². The van der Waals surface area contributed by atoms with Gasteiger partial charge in [0.05, 0.1) is 34.9 Å². The van der Waals surface area contributed by atoms with E-state index in [2.05, 4.69) is 25.5 Å². The van der Waals surface area contributed by atoms with Crippen LogP contribution < -0.4 is 21.7 Å². The van der Waals surface area contributed by atoms with Crippen molar-refractivity contribution >= 4 is 34.4 Å². The van der Waals surface area contributed by atoms with E-state index in [1.807, 2.05) is 6.92 Å². The number of hydrogen-bond donors (Lipinski definition) is 4. The molecule has 0 saturated carbocycles. The van der Waals surface area contributed by atoms with E-state index >= 15 is 0 Å². The maximum atomic E-state index is 14.4. The van der Waals surface area contributed by atoms with E-state index < -0.39 is 35.6 Å². The third-order valence-electron chi connectivity index (χ3n) is 6.24. The number of primary amides is 1. The number of nitrogen functional groups attached to an aromatic ring is 1. The monoisotopic (exact) mass is 500 g/mol. The van der Waals surface area contributed by atoms with Crippen molar-refractivity contribution < 1.29 is 22.4 Å². The summed E-state index contributed by atoms with van der Waals surface area (Å²) in [6, 6.07) is 7.14. The number of carbonyl (C=O) groups excluding carboxylic acids is 1. The number of carbonyl (C=O) groups is 1. The third kappa shape index (κ3) is 3.82. The summed E-state index contributed by atoms with van der Waals surface area (Å²) in [7, 11) is 0. The molecule has 0 aliphatic carbocycles. The maximum Gasteiger partial charge on any atom is 0.416 e. The fourth-order valence-electron chi connectivity index (χ4n) is 4.39. The first kappa shape index (κ1) is 23.3. The molecule has 4 aromatic rings. The van der Waals surface area contributed by atoms with Gasteiger partial charge in [-0.25, -0.2) is 9.37 Å². The predicted molar refractivity (Wildman–Crippen MR) is 124 cm³/mol. The highest BCUT2D eigenvalue weighted by atomic mass is 19.4. The molecule has 2 aromatic heterocycles. The van der Waals surface area contributed by atoms with Crippen LogP contribution in [-0.2, 0) is 19.3 Å². The van der Waals surface area contributed by atoms with Crippen LogP contribution >= 0.6 is 0 Å². The number of nitrogens with zero attached hydrogens (tertiary/aromatic N) is 4. The van der Waals surface area contributed by atoms with Crippen LogP contribution in [0.2, 0.25) is 0 Å². The molecule has 0 spiro atoms. The quantitative estimate of drug-likeness (QED) is 0.305. The maximum absolute atomic E-state index is 14.4. The van der Waals surface area contributed by atoms with Crippen LogP contribution in [0.3, 0.4) is 0 Å². The minimum Gasteiger partial charge on any atom is -0.382 e. The van der Waals surface area contributed by atoms with E-state index in [9.17, 15) is 22.4 Å². The molecule has 0 radical (unpaired) electrons. The Balaban J connectivity index is 1.60. The molecule has 1 amide bonds. The van der Waals surface area contributed by atoms with Crippen molar-refractivity contribution in [1.82, 2.24) is 20.2 Å². The molecule has 0 unspecified atom stereocenters. The second-order valence-electron chi connectivity index (χ2n) is 8.36. The van der Waals surface area contributed by atoms with Gasteiger partial charge >= 0.3 is 6.18 Å². The minimum absolute atomic E-state index is 0.104. The molecule has 5 rings (SSSR count). The molecule has 0 bridgehead atoms. The van der Waals surface area contributed by atoms with Crippen molar-refractivity contribution in [3.8, 4) is 0 Å². The van der Waals surface area contributed by atoms with Gasteiger partial charge in [0, 0.05) is 23.1 Å². The number of halogens is 4. The molecule has 0 saturated heterocycles. The molecule has 9 nitrogen and oxygen atoms in total. The van der Waals surface area contributed by atoms with E-state index in [1.165, 1.54) is 6.07 Å². The smallest absolute Gasteiger partial charge is 0.382 e. The zero-order valence-electron chi connectivity index (χ0n) is 18.8. The molecular weight excluding hydrogens is 480 g/mol. The number of anilines is 3. The Bertz CT molecular complexity index is 1500. The van der Waals surface area contributed by atoms with Crippen LogP contribution in [0.5, 0.6) is 0 Å². The fourth-order valence-corrected chi connectivity index (χ4v) is 4.39. The number of amides is 1. The second-order valence-corrected chi connectivity index (χ2v) is 8.36. The summed E-state index contributed by atoms with van der Waals surface area (Å²) < 4.78 is 54.9. The van der Waals surface area contributed by atoms with Crippen LogP contribution in [0.4, 0.5) is 35.1 Å². The highest BCUT2D eigenvalue weighted by Gasteiger charge is 2.35. The van der Waals surface area contributed by atoms with Gasteiger partial charge in [0.15, 0.2) is 5.82 Å². The number of benzene rings is 2. The lowest BCUT2D eigenvalue weighted by Crippen LogP contribution is -2.23. The van der Waals surface area contributed by atoms with Gasteiger partial charge in [-0.3, -0.25) is 9.89 Å². The lowest BCUT2D eigenvalue weighted by atomic mass is 10.1. The topological polar surface area (TPSA) is 139 Å². The first-order chi connectivity index (χ1) is 17.1. The molecule has 1 atom stereocenters.